The first-order chi connectivity index (χ1) is 14.0. The Bertz CT molecular complexity index is 633. The van der Waals surface area contributed by atoms with Crippen LogP contribution in [0.4, 0.5) is 0 Å². The highest BCUT2D eigenvalue weighted by Gasteiger charge is 2.30. The van der Waals surface area contributed by atoms with Crippen molar-refractivity contribution in [3.05, 3.63) is 41.5 Å². The van der Waals surface area contributed by atoms with Gasteiger partial charge in [-0.25, -0.2) is 0 Å². The van der Waals surface area contributed by atoms with Crippen molar-refractivity contribution in [2.75, 3.05) is 13.1 Å². The molecule has 2 rings (SSSR count). The number of likely N-dealkylation sites (tertiary alicyclic amines) is 1. The van der Waals surface area contributed by atoms with Crippen LogP contribution in [-0.2, 0) is 5.41 Å². The quantitative estimate of drug-likeness (QED) is 0.475. The van der Waals surface area contributed by atoms with Crippen molar-refractivity contribution in [2.24, 2.45) is 0 Å². The molecular weight excluding hydrogens is 370 g/mol. The Morgan fingerprint density at radius 3 is 2.10 bits per heavy atom. The first-order valence-corrected chi connectivity index (χ1v) is 11.9. The minimum Gasteiger partial charge on any atom is -0.488 e. The molecule has 0 spiro atoms. The molecule has 0 aromatic heterocycles. The maximum Gasteiger partial charge on any atom is 0.120 e. The van der Waals surface area contributed by atoms with Crippen LogP contribution in [0.5, 0.6) is 5.75 Å². The molecule has 1 aliphatic rings. The number of piperidine rings is 1. The third-order valence-corrected chi connectivity index (χ3v) is 6.09. The van der Waals surface area contributed by atoms with E-state index in [4.69, 9.17) is 4.74 Å². The van der Waals surface area contributed by atoms with Crippen molar-refractivity contribution >= 4 is 0 Å². The summed E-state index contributed by atoms with van der Waals surface area (Å²) in [5, 5.41) is 9.87. The van der Waals surface area contributed by atoms with E-state index in [1.54, 1.807) is 0 Å². The van der Waals surface area contributed by atoms with Crippen LogP contribution in [0, 0.1) is 0 Å². The van der Waals surface area contributed by atoms with Gasteiger partial charge < -0.3 is 9.84 Å². The van der Waals surface area contributed by atoms with Crippen LogP contribution in [0.15, 0.2) is 35.9 Å². The van der Waals surface area contributed by atoms with Gasteiger partial charge in [-0.2, -0.15) is 0 Å². The summed E-state index contributed by atoms with van der Waals surface area (Å²) in [7, 11) is 0. The predicted octanol–water partition coefficient (Wildman–Crippen LogP) is 6.74. The van der Waals surface area contributed by atoms with E-state index in [0.29, 0.717) is 6.04 Å². The van der Waals surface area contributed by atoms with Crippen molar-refractivity contribution in [1.82, 2.24) is 4.90 Å². The van der Waals surface area contributed by atoms with Crippen molar-refractivity contribution in [3.63, 3.8) is 0 Å². The molecule has 0 aliphatic carbocycles. The van der Waals surface area contributed by atoms with E-state index in [1.165, 1.54) is 11.1 Å². The second-order valence-electron chi connectivity index (χ2n) is 9.91. The van der Waals surface area contributed by atoms with E-state index < -0.39 is 0 Å². The van der Waals surface area contributed by atoms with Gasteiger partial charge in [0.25, 0.3) is 0 Å². The summed E-state index contributed by atoms with van der Waals surface area (Å²) in [6.07, 6.45) is 6.08. The van der Waals surface area contributed by atoms with Crippen molar-refractivity contribution < 1.29 is 9.84 Å². The number of aliphatic hydroxyl groups excluding tert-OH is 1. The number of hydrogen-bond acceptors (Lipinski definition) is 3. The van der Waals surface area contributed by atoms with Gasteiger partial charge in [-0.3, -0.25) is 4.90 Å². The smallest absolute Gasteiger partial charge is 0.120 e. The van der Waals surface area contributed by atoms with Gasteiger partial charge >= 0.3 is 0 Å². The molecule has 1 N–H and O–H groups in total. The van der Waals surface area contributed by atoms with E-state index in [9.17, 15) is 5.11 Å². The lowest BCUT2D eigenvalue weighted by molar-refractivity contribution is 0.0645. The number of nitrogens with zero attached hydrogens (tertiary/aromatic N) is 1. The highest BCUT2D eigenvalue weighted by atomic mass is 16.5. The molecule has 1 fully saturated rings. The van der Waals surface area contributed by atoms with E-state index in [2.05, 4.69) is 83.7 Å². The number of hydrogen-bond donors (Lipinski definition) is 1. The van der Waals surface area contributed by atoms with Gasteiger partial charge in [0, 0.05) is 19.1 Å². The molecule has 30 heavy (non-hydrogen) atoms. The Morgan fingerprint density at radius 2 is 1.63 bits per heavy atom. The summed E-state index contributed by atoms with van der Waals surface area (Å²) in [6.45, 7) is 21.4. The normalized spacial score (nSPS) is 17.0. The Hall–Kier alpha value is -1.32. The van der Waals surface area contributed by atoms with Crippen LogP contribution in [-0.4, -0.2) is 40.8 Å². The Balaban J connectivity index is 0.00000218. The van der Waals surface area contributed by atoms with E-state index in [-0.39, 0.29) is 17.1 Å². The van der Waals surface area contributed by atoms with E-state index in [1.807, 2.05) is 13.8 Å². The van der Waals surface area contributed by atoms with Gasteiger partial charge in [0.15, 0.2) is 0 Å². The zero-order valence-corrected chi connectivity index (χ0v) is 21.1. The minimum absolute atomic E-state index is 0.0610. The van der Waals surface area contributed by atoms with Gasteiger partial charge in [0.05, 0.1) is 6.10 Å². The van der Waals surface area contributed by atoms with Gasteiger partial charge in [0.1, 0.15) is 11.4 Å². The Morgan fingerprint density at radius 1 is 1.10 bits per heavy atom. The topological polar surface area (TPSA) is 32.7 Å². The van der Waals surface area contributed by atoms with E-state index >= 15 is 0 Å². The molecule has 1 atom stereocenters. The lowest BCUT2D eigenvalue weighted by Crippen LogP contribution is -2.44. The fraction of sp³-hybridized carbons (Fsp3) is 0.704. The maximum absolute atomic E-state index is 9.87. The maximum atomic E-state index is 9.87. The Kier molecular flexibility index (Phi) is 10.6. The molecule has 1 saturated heterocycles. The first-order valence-electron chi connectivity index (χ1n) is 11.9. The number of ether oxygens (including phenoxy) is 1. The molecule has 1 aliphatic heterocycles. The van der Waals surface area contributed by atoms with Crippen molar-refractivity contribution in [1.29, 1.82) is 0 Å². The van der Waals surface area contributed by atoms with Crippen LogP contribution in [0.25, 0.3) is 0 Å². The Labute approximate surface area is 186 Å². The molecule has 172 valence electrons. The van der Waals surface area contributed by atoms with Crippen molar-refractivity contribution in [3.8, 4) is 5.75 Å². The molecular formula is C27H47NO2. The zero-order chi connectivity index (χ0) is 22.9. The van der Waals surface area contributed by atoms with Crippen LogP contribution in [0.1, 0.15) is 93.6 Å². The summed E-state index contributed by atoms with van der Waals surface area (Å²) < 4.78 is 6.12. The summed E-state index contributed by atoms with van der Waals surface area (Å²) in [5.41, 5.74) is 2.63. The summed E-state index contributed by atoms with van der Waals surface area (Å²) in [6, 6.07) is 9.08. The number of rotatable bonds is 8. The fourth-order valence-electron chi connectivity index (χ4n) is 3.90. The van der Waals surface area contributed by atoms with Gasteiger partial charge in [-0.05, 0) is 76.5 Å². The van der Waals surface area contributed by atoms with Crippen LogP contribution in [0.3, 0.4) is 0 Å². The van der Waals surface area contributed by atoms with Crippen LogP contribution >= 0.6 is 0 Å². The number of benzene rings is 1. The molecule has 0 saturated carbocycles. The summed E-state index contributed by atoms with van der Waals surface area (Å²) >= 11 is 0. The molecule has 0 bridgehead atoms. The highest BCUT2D eigenvalue weighted by Crippen LogP contribution is 2.33. The lowest BCUT2D eigenvalue weighted by Gasteiger charge is -2.39. The van der Waals surface area contributed by atoms with Crippen LogP contribution in [0.2, 0.25) is 0 Å². The minimum atomic E-state index is -0.135. The molecule has 1 aromatic carbocycles. The predicted molar refractivity (Wildman–Crippen MR) is 130 cm³/mol. The first kappa shape index (κ1) is 26.7. The molecule has 0 amide bonds. The molecule has 1 heterocycles. The third kappa shape index (κ3) is 8.43. The molecule has 3 heteroatoms. The van der Waals surface area contributed by atoms with Gasteiger partial charge in [-0.15, -0.1) is 0 Å². The lowest BCUT2D eigenvalue weighted by atomic mass is 9.78. The molecule has 3 nitrogen and oxygen atoms in total. The standard InChI is InChI=1S/C25H41NO2.C2H6/c1-8-25(6,7)28-23-11-9-20(10-12-23)24(4,5)18-21(17-19(2)3)26-15-13-22(27)14-16-26;1-2/h9-12,17,21-22,27H,8,13-16,18H2,1-7H3;1-2H3. The SMILES string of the molecule is CC.CCC(C)(C)Oc1ccc(C(C)(C)CC(C=C(C)C)N2CCC(O)CC2)cc1. The van der Waals surface area contributed by atoms with Gasteiger partial charge in [-0.1, -0.05) is 58.4 Å². The van der Waals surface area contributed by atoms with Gasteiger partial charge in [0.2, 0.25) is 0 Å². The second kappa shape index (κ2) is 11.9. The molecule has 1 unspecified atom stereocenters. The number of allylic oxidation sites excluding steroid dienone is 1. The number of aliphatic hydroxyl groups is 1. The highest BCUT2D eigenvalue weighted by molar-refractivity contribution is 5.32. The second-order valence-corrected chi connectivity index (χ2v) is 9.91. The molecule has 1 aromatic rings. The van der Waals surface area contributed by atoms with Crippen molar-refractivity contribution in [2.45, 2.75) is 111 Å². The van der Waals surface area contributed by atoms with E-state index in [0.717, 1.165) is 44.5 Å². The average Bonchev–Trinajstić information content (AvgIpc) is 2.69. The average molecular weight is 418 g/mol. The monoisotopic (exact) mass is 417 g/mol. The third-order valence-electron chi connectivity index (χ3n) is 6.09. The molecule has 0 radical (unpaired) electrons. The summed E-state index contributed by atoms with van der Waals surface area (Å²) in [4.78, 5) is 2.54. The zero-order valence-electron chi connectivity index (χ0n) is 21.1. The fourth-order valence-corrected chi connectivity index (χ4v) is 3.90. The van der Waals surface area contributed by atoms with Crippen LogP contribution < -0.4 is 4.74 Å². The summed E-state index contributed by atoms with van der Waals surface area (Å²) in [5.74, 6) is 0.942. The largest absolute Gasteiger partial charge is 0.488 e.